The van der Waals surface area contributed by atoms with E-state index in [9.17, 15) is 14.4 Å². The number of hydrogen-bond acceptors (Lipinski definition) is 6. The van der Waals surface area contributed by atoms with E-state index < -0.39 is 12.1 Å². The minimum absolute atomic E-state index is 0.0302. The van der Waals surface area contributed by atoms with Gasteiger partial charge in [0.25, 0.3) is 0 Å². The summed E-state index contributed by atoms with van der Waals surface area (Å²) in [6.45, 7) is 6.05. The molecule has 0 unspecified atom stereocenters. The van der Waals surface area contributed by atoms with E-state index in [4.69, 9.17) is 5.73 Å². The number of benzene rings is 1. The number of ketones is 2. The number of nitrogens with zero attached hydrogens (tertiary/aromatic N) is 2. The highest BCUT2D eigenvalue weighted by atomic mass is 16.2. The monoisotopic (exact) mass is 450 g/mol. The summed E-state index contributed by atoms with van der Waals surface area (Å²) in [5.41, 5.74) is 8.69. The van der Waals surface area contributed by atoms with E-state index in [-0.39, 0.29) is 29.9 Å². The van der Waals surface area contributed by atoms with Crippen molar-refractivity contribution in [1.82, 2.24) is 15.2 Å². The van der Waals surface area contributed by atoms with Crippen LogP contribution in [-0.4, -0.2) is 52.5 Å². The fourth-order valence-electron chi connectivity index (χ4n) is 4.53. The molecule has 1 aliphatic heterocycles. The first-order valence-corrected chi connectivity index (χ1v) is 11.6. The lowest BCUT2D eigenvalue weighted by Crippen LogP contribution is -2.54. The maximum atomic E-state index is 13.2. The van der Waals surface area contributed by atoms with Crippen LogP contribution in [0.2, 0.25) is 0 Å². The summed E-state index contributed by atoms with van der Waals surface area (Å²) < 4.78 is 0. The molecule has 2 aromatic rings. The van der Waals surface area contributed by atoms with Crippen molar-refractivity contribution >= 4 is 23.3 Å². The van der Waals surface area contributed by atoms with E-state index >= 15 is 0 Å². The minimum atomic E-state index is -0.601. The van der Waals surface area contributed by atoms with E-state index in [0.717, 1.165) is 17.7 Å². The SMILES string of the molecule is CC(=O)CN1CC[C@H](c2ccccc2)C[C@@H]1C(=O)N[C@@H](C)C(=O)CCc1ccc(N)nc1C. The summed E-state index contributed by atoms with van der Waals surface area (Å²) in [6.07, 6.45) is 2.38. The Hall–Kier alpha value is -3.06. The van der Waals surface area contributed by atoms with Crippen molar-refractivity contribution in [2.24, 2.45) is 0 Å². The third-order valence-corrected chi connectivity index (χ3v) is 6.41. The first-order chi connectivity index (χ1) is 15.7. The van der Waals surface area contributed by atoms with Crippen LogP contribution in [0.15, 0.2) is 42.5 Å². The molecule has 1 aromatic carbocycles. The van der Waals surface area contributed by atoms with Crippen molar-refractivity contribution in [2.45, 2.75) is 64.5 Å². The van der Waals surface area contributed by atoms with Gasteiger partial charge in [-0.25, -0.2) is 4.98 Å². The molecule has 0 bridgehead atoms. The number of rotatable bonds is 9. The lowest BCUT2D eigenvalue weighted by Gasteiger charge is -2.38. The second kappa shape index (κ2) is 11.2. The Morgan fingerprint density at radius 3 is 2.58 bits per heavy atom. The number of carbonyl (C=O) groups excluding carboxylic acids is 3. The van der Waals surface area contributed by atoms with Gasteiger partial charge in [0.2, 0.25) is 5.91 Å². The van der Waals surface area contributed by atoms with Gasteiger partial charge in [-0.3, -0.25) is 19.3 Å². The summed E-state index contributed by atoms with van der Waals surface area (Å²) in [5.74, 6) is 0.510. The van der Waals surface area contributed by atoms with Crippen LogP contribution in [0.1, 0.15) is 55.8 Å². The van der Waals surface area contributed by atoms with Crippen LogP contribution in [0.25, 0.3) is 0 Å². The summed E-state index contributed by atoms with van der Waals surface area (Å²) >= 11 is 0. The molecule has 0 radical (unpaired) electrons. The first kappa shape index (κ1) is 24.6. The summed E-state index contributed by atoms with van der Waals surface area (Å²) in [4.78, 5) is 43.9. The van der Waals surface area contributed by atoms with Crippen molar-refractivity contribution in [3.8, 4) is 0 Å². The molecule has 7 nitrogen and oxygen atoms in total. The van der Waals surface area contributed by atoms with Crippen LogP contribution in [0, 0.1) is 6.92 Å². The number of likely N-dealkylation sites (tertiary alicyclic amines) is 1. The molecule has 1 aliphatic rings. The molecule has 176 valence electrons. The summed E-state index contributed by atoms with van der Waals surface area (Å²) in [6, 6.07) is 12.7. The third kappa shape index (κ3) is 6.71. The molecule has 3 N–H and O–H groups in total. The van der Waals surface area contributed by atoms with Gasteiger partial charge in [0, 0.05) is 12.1 Å². The van der Waals surface area contributed by atoms with Crippen molar-refractivity contribution in [3.05, 3.63) is 59.3 Å². The lowest BCUT2D eigenvalue weighted by atomic mass is 9.84. The van der Waals surface area contributed by atoms with Crippen LogP contribution >= 0.6 is 0 Å². The van der Waals surface area contributed by atoms with Gasteiger partial charge in [-0.1, -0.05) is 36.4 Å². The number of aryl methyl sites for hydroxylation is 2. The van der Waals surface area contributed by atoms with Gasteiger partial charge in [-0.15, -0.1) is 0 Å². The number of anilines is 1. The molecule has 2 heterocycles. The van der Waals surface area contributed by atoms with Gasteiger partial charge in [0.15, 0.2) is 5.78 Å². The van der Waals surface area contributed by atoms with Gasteiger partial charge in [-0.05, 0) is 69.7 Å². The minimum Gasteiger partial charge on any atom is -0.384 e. The summed E-state index contributed by atoms with van der Waals surface area (Å²) in [7, 11) is 0. The predicted octanol–water partition coefficient (Wildman–Crippen LogP) is 2.82. The fraction of sp³-hybridized carbons (Fsp3) is 0.462. The third-order valence-electron chi connectivity index (χ3n) is 6.41. The van der Waals surface area contributed by atoms with Gasteiger partial charge >= 0.3 is 0 Å². The average Bonchev–Trinajstić information content (AvgIpc) is 2.78. The van der Waals surface area contributed by atoms with Crippen molar-refractivity contribution < 1.29 is 14.4 Å². The molecule has 1 amide bonds. The molecule has 0 spiro atoms. The van der Waals surface area contributed by atoms with E-state index in [1.165, 1.54) is 5.56 Å². The van der Waals surface area contributed by atoms with Gasteiger partial charge in [-0.2, -0.15) is 0 Å². The highest BCUT2D eigenvalue weighted by Gasteiger charge is 2.35. The Labute approximate surface area is 195 Å². The number of hydrogen-bond donors (Lipinski definition) is 2. The number of nitrogen functional groups attached to an aromatic ring is 1. The number of amides is 1. The second-order valence-electron chi connectivity index (χ2n) is 9.00. The van der Waals surface area contributed by atoms with Gasteiger partial charge in [0.05, 0.1) is 18.6 Å². The number of pyridine rings is 1. The Kier molecular flexibility index (Phi) is 8.33. The number of carbonyl (C=O) groups is 3. The standard InChI is InChI=1S/C26H34N4O3/c1-17(31)16-30-14-13-22(21-7-5-4-6-8-21)15-23(30)26(33)29-19(3)24(32)11-9-20-10-12-25(27)28-18(20)2/h4-8,10,12,19,22-23H,9,11,13-16H2,1-3H3,(H2,27,28)(H,29,33)/t19-,22-,23+/m0/s1. The van der Waals surface area contributed by atoms with Crippen molar-refractivity contribution in [2.75, 3.05) is 18.8 Å². The quantitative estimate of drug-likeness (QED) is 0.609. The van der Waals surface area contributed by atoms with E-state index in [2.05, 4.69) is 22.4 Å². The number of aromatic nitrogens is 1. The van der Waals surface area contributed by atoms with Crippen LogP contribution in [-0.2, 0) is 20.8 Å². The van der Waals surface area contributed by atoms with Gasteiger partial charge < -0.3 is 11.1 Å². The van der Waals surface area contributed by atoms with E-state index in [0.29, 0.717) is 31.6 Å². The van der Waals surface area contributed by atoms with Crippen molar-refractivity contribution in [3.63, 3.8) is 0 Å². The largest absolute Gasteiger partial charge is 0.384 e. The molecule has 0 saturated carbocycles. The van der Waals surface area contributed by atoms with Crippen LogP contribution in [0.5, 0.6) is 0 Å². The molecule has 1 aromatic heterocycles. The first-order valence-electron chi connectivity index (χ1n) is 11.6. The normalized spacial score (nSPS) is 19.6. The van der Waals surface area contributed by atoms with Crippen LogP contribution in [0.3, 0.4) is 0 Å². The van der Waals surface area contributed by atoms with Crippen LogP contribution < -0.4 is 11.1 Å². The number of nitrogens with two attached hydrogens (primary N) is 1. The fourth-order valence-corrected chi connectivity index (χ4v) is 4.53. The highest BCUT2D eigenvalue weighted by molar-refractivity contribution is 5.91. The van der Waals surface area contributed by atoms with Crippen molar-refractivity contribution in [1.29, 1.82) is 0 Å². The summed E-state index contributed by atoms with van der Waals surface area (Å²) in [5, 5.41) is 2.91. The topological polar surface area (TPSA) is 105 Å². The smallest absolute Gasteiger partial charge is 0.237 e. The maximum absolute atomic E-state index is 13.2. The Bertz CT molecular complexity index is 992. The molecule has 1 saturated heterocycles. The molecule has 7 heteroatoms. The lowest BCUT2D eigenvalue weighted by molar-refractivity contribution is -0.133. The zero-order valence-electron chi connectivity index (χ0n) is 19.7. The number of Topliss-reactive ketones (excluding diaryl/α,β-unsaturated/α-hetero) is 2. The molecular weight excluding hydrogens is 416 g/mol. The highest BCUT2D eigenvalue weighted by Crippen LogP contribution is 2.31. The molecule has 3 rings (SSSR count). The molecule has 33 heavy (non-hydrogen) atoms. The van der Waals surface area contributed by atoms with E-state index in [1.807, 2.05) is 36.1 Å². The average molecular weight is 451 g/mol. The van der Waals surface area contributed by atoms with Gasteiger partial charge in [0.1, 0.15) is 11.6 Å². The second-order valence-corrected chi connectivity index (χ2v) is 9.00. The Morgan fingerprint density at radius 2 is 1.91 bits per heavy atom. The molecule has 1 fully saturated rings. The zero-order chi connectivity index (χ0) is 24.0. The Balaban J connectivity index is 1.62. The number of piperidine rings is 1. The van der Waals surface area contributed by atoms with Crippen LogP contribution in [0.4, 0.5) is 5.82 Å². The zero-order valence-corrected chi connectivity index (χ0v) is 19.7. The molecule has 3 atom stereocenters. The molecular formula is C26H34N4O3. The molecule has 0 aliphatic carbocycles. The number of nitrogens with one attached hydrogen (secondary N) is 1. The predicted molar refractivity (Wildman–Crippen MR) is 129 cm³/mol. The Morgan fingerprint density at radius 1 is 1.18 bits per heavy atom. The maximum Gasteiger partial charge on any atom is 0.237 e. The van der Waals surface area contributed by atoms with E-state index in [1.54, 1.807) is 19.9 Å².